The van der Waals surface area contributed by atoms with Gasteiger partial charge in [0, 0.05) is 31.2 Å². The second kappa shape index (κ2) is 8.89. The number of hydrogen-bond acceptors (Lipinski definition) is 3. The fourth-order valence-electron chi connectivity index (χ4n) is 2.96. The molecule has 0 unspecified atom stereocenters. The Labute approximate surface area is 169 Å². The molecule has 0 atom stereocenters. The minimum atomic E-state index is -0.639. The molecule has 0 bridgehead atoms. The fourth-order valence-corrected chi connectivity index (χ4v) is 3.09. The number of hydrogen-bond donors (Lipinski definition) is 1. The molecule has 7 heteroatoms. The predicted octanol–water partition coefficient (Wildman–Crippen LogP) is 2.14. The second-order valence-corrected chi connectivity index (χ2v) is 7.28. The lowest BCUT2D eigenvalue weighted by Crippen LogP contribution is -2.55. The van der Waals surface area contributed by atoms with Gasteiger partial charge in [-0.15, -0.1) is 0 Å². The lowest BCUT2D eigenvalue weighted by atomic mass is 10.1. The zero-order valence-electron chi connectivity index (χ0n) is 15.7. The molecule has 0 spiro atoms. The van der Waals surface area contributed by atoms with E-state index in [1.54, 1.807) is 12.1 Å². The third kappa shape index (κ3) is 5.10. The molecule has 146 valence electrons. The molecule has 2 aromatic carbocycles. The maximum atomic E-state index is 12.4. The number of aryl methyl sites for hydroxylation is 1. The largest absolute Gasteiger partial charge is 0.350 e. The number of halogens is 1. The zero-order chi connectivity index (χ0) is 20.1. The number of amides is 3. The monoisotopic (exact) mass is 399 g/mol. The van der Waals surface area contributed by atoms with E-state index in [-0.39, 0.29) is 12.5 Å². The summed E-state index contributed by atoms with van der Waals surface area (Å²) in [5.74, 6) is -1.51. The van der Waals surface area contributed by atoms with Crippen molar-refractivity contribution < 1.29 is 14.4 Å². The third-order valence-electron chi connectivity index (χ3n) is 4.63. The van der Waals surface area contributed by atoms with Gasteiger partial charge in [-0.2, -0.15) is 0 Å². The van der Waals surface area contributed by atoms with E-state index >= 15 is 0 Å². The van der Waals surface area contributed by atoms with Crippen LogP contribution in [0.5, 0.6) is 0 Å². The smallest absolute Gasteiger partial charge is 0.312 e. The van der Waals surface area contributed by atoms with E-state index in [0.29, 0.717) is 31.2 Å². The van der Waals surface area contributed by atoms with E-state index in [1.165, 1.54) is 9.80 Å². The average molecular weight is 400 g/mol. The van der Waals surface area contributed by atoms with Gasteiger partial charge in [0.25, 0.3) is 0 Å². The molecule has 0 aromatic heterocycles. The van der Waals surface area contributed by atoms with E-state index < -0.39 is 11.8 Å². The van der Waals surface area contributed by atoms with Gasteiger partial charge < -0.3 is 15.1 Å². The highest BCUT2D eigenvalue weighted by molar-refractivity contribution is 6.35. The highest BCUT2D eigenvalue weighted by Gasteiger charge is 2.33. The van der Waals surface area contributed by atoms with Gasteiger partial charge in [-0.25, -0.2) is 0 Å². The van der Waals surface area contributed by atoms with E-state index in [2.05, 4.69) is 5.32 Å². The van der Waals surface area contributed by atoms with Crippen molar-refractivity contribution in [3.8, 4) is 0 Å². The maximum Gasteiger partial charge on any atom is 0.312 e. The predicted molar refractivity (Wildman–Crippen MR) is 106 cm³/mol. The minimum absolute atomic E-state index is 0.128. The van der Waals surface area contributed by atoms with Crippen LogP contribution in [0.1, 0.15) is 16.7 Å². The molecule has 1 N–H and O–H groups in total. The van der Waals surface area contributed by atoms with Crippen LogP contribution in [0.25, 0.3) is 0 Å². The molecule has 3 amide bonds. The van der Waals surface area contributed by atoms with Gasteiger partial charge in [0.15, 0.2) is 0 Å². The summed E-state index contributed by atoms with van der Waals surface area (Å²) in [7, 11) is 0. The molecular weight excluding hydrogens is 378 g/mol. The molecule has 6 nitrogen and oxygen atoms in total. The molecule has 2 aromatic rings. The van der Waals surface area contributed by atoms with Crippen LogP contribution in [0.4, 0.5) is 0 Å². The number of piperazine rings is 1. The average Bonchev–Trinajstić information content (AvgIpc) is 2.69. The van der Waals surface area contributed by atoms with Gasteiger partial charge >= 0.3 is 11.8 Å². The van der Waals surface area contributed by atoms with Crippen molar-refractivity contribution in [1.82, 2.24) is 15.1 Å². The van der Waals surface area contributed by atoms with Crippen LogP contribution in [-0.4, -0.2) is 47.2 Å². The number of rotatable bonds is 6. The van der Waals surface area contributed by atoms with Gasteiger partial charge in [-0.1, -0.05) is 53.6 Å². The summed E-state index contributed by atoms with van der Waals surface area (Å²) < 4.78 is 0. The first kappa shape index (κ1) is 19.9. The summed E-state index contributed by atoms with van der Waals surface area (Å²) >= 11 is 5.84. The van der Waals surface area contributed by atoms with Crippen molar-refractivity contribution in [2.24, 2.45) is 0 Å². The van der Waals surface area contributed by atoms with E-state index in [4.69, 9.17) is 11.6 Å². The lowest BCUT2D eigenvalue weighted by molar-refractivity contribution is -0.157. The molecule has 28 heavy (non-hydrogen) atoms. The van der Waals surface area contributed by atoms with Gasteiger partial charge in [-0.05, 0) is 30.2 Å². The quantitative estimate of drug-likeness (QED) is 0.756. The molecule has 0 radical (unpaired) electrons. The normalized spacial score (nSPS) is 14.4. The first-order chi connectivity index (χ1) is 13.4. The molecule has 1 saturated heterocycles. The topological polar surface area (TPSA) is 69.7 Å². The van der Waals surface area contributed by atoms with Gasteiger partial charge in [0.1, 0.15) is 6.54 Å². The lowest BCUT2D eigenvalue weighted by Gasteiger charge is -2.33. The van der Waals surface area contributed by atoms with Crippen molar-refractivity contribution in [3.05, 3.63) is 70.2 Å². The van der Waals surface area contributed by atoms with Crippen LogP contribution < -0.4 is 5.32 Å². The van der Waals surface area contributed by atoms with Crippen LogP contribution in [-0.2, 0) is 27.5 Å². The molecular formula is C21H22ClN3O3. The summed E-state index contributed by atoms with van der Waals surface area (Å²) in [6.45, 7) is 3.34. The Morgan fingerprint density at radius 2 is 1.50 bits per heavy atom. The molecule has 3 rings (SSSR count). The molecule has 1 fully saturated rings. The molecule has 1 aliphatic heterocycles. The van der Waals surface area contributed by atoms with E-state index in [1.807, 2.05) is 43.3 Å². The SMILES string of the molecule is Cc1ccc(CN2CCN(CC(=O)NCc3ccc(Cl)cc3)C(=O)C2=O)cc1. The number of nitrogens with zero attached hydrogens (tertiary/aromatic N) is 2. The summed E-state index contributed by atoms with van der Waals surface area (Å²) in [6, 6.07) is 15.0. The molecule has 1 aliphatic rings. The van der Waals surface area contributed by atoms with Crippen LogP contribution in [0.3, 0.4) is 0 Å². The Bertz CT molecular complexity index is 865. The van der Waals surface area contributed by atoms with Crippen LogP contribution in [0, 0.1) is 6.92 Å². The fraction of sp³-hybridized carbons (Fsp3) is 0.286. The maximum absolute atomic E-state index is 12.4. The highest BCUT2D eigenvalue weighted by Crippen LogP contribution is 2.12. The van der Waals surface area contributed by atoms with Crippen LogP contribution in [0.2, 0.25) is 5.02 Å². The Balaban J connectivity index is 1.50. The highest BCUT2D eigenvalue weighted by atomic mass is 35.5. The van der Waals surface area contributed by atoms with Crippen molar-refractivity contribution >= 4 is 29.3 Å². The summed E-state index contributed by atoms with van der Waals surface area (Å²) in [5.41, 5.74) is 3.02. The minimum Gasteiger partial charge on any atom is -0.350 e. The number of carbonyl (C=O) groups is 3. The standard InChI is InChI=1S/C21H22ClN3O3/c1-15-2-4-17(5-3-15)13-24-10-11-25(21(28)20(24)27)14-19(26)23-12-16-6-8-18(22)9-7-16/h2-9H,10-14H2,1H3,(H,23,26). The zero-order valence-corrected chi connectivity index (χ0v) is 16.4. The van der Waals surface area contributed by atoms with Crippen molar-refractivity contribution in [2.75, 3.05) is 19.6 Å². The van der Waals surface area contributed by atoms with Gasteiger partial charge in [-0.3, -0.25) is 14.4 Å². The van der Waals surface area contributed by atoms with E-state index in [0.717, 1.165) is 16.7 Å². The Hall–Kier alpha value is -2.86. The van der Waals surface area contributed by atoms with Crippen molar-refractivity contribution in [3.63, 3.8) is 0 Å². The third-order valence-corrected chi connectivity index (χ3v) is 4.88. The summed E-state index contributed by atoms with van der Waals surface area (Å²) in [5, 5.41) is 3.38. The van der Waals surface area contributed by atoms with Gasteiger partial charge in [0.05, 0.1) is 0 Å². The molecule has 0 saturated carbocycles. The van der Waals surface area contributed by atoms with Crippen molar-refractivity contribution in [2.45, 2.75) is 20.0 Å². The Morgan fingerprint density at radius 1 is 0.929 bits per heavy atom. The second-order valence-electron chi connectivity index (χ2n) is 6.84. The first-order valence-electron chi connectivity index (χ1n) is 9.07. The summed E-state index contributed by atoms with van der Waals surface area (Å²) in [6.07, 6.45) is 0. The van der Waals surface area contributed by atoms with Crippen LogP contribution in [0.15, 0.2) is 48.5 Å². The van der Waals surface area contributed by atoms with Crippen LogP contribution >= 0.6 is 11.6 Å². The number of benzene rings is 2. The Kier molecular flexibility index (Phi) is 6.31. The van der Waals surface area contributed by atoms with E-state index in [9.17, 15) is 14.4 Å². The molecule has 1 heterocycles. The summed E-state index contributed by atoms with van der Waals surface area (Å²) in [4.78, 5) is 39.7. The van der Waals surface area contributed by atoms with Gasteiger partial charge in [0.2, 0.25) is 5.91 Å². The molecule has 0 aliphatic carbocycles. The van der Waals surface area contributed by atoms with Crippen molar-refractivity contribution in [1.29, 1.82) is 0 Å². The number of nitrogens with one attached hydrogen (secondary N) is 1. The number of carbonyl (C=O) groups excluding carboxylic acids is 3. The Morgan fingerprint density at radius 3 is 2.18 bits per heavy atom. The first-order valence-corrected chi connectivity index (χ1v) is 9.45.